The van der Waals surface area contributed by atoms with Crippen LogP contribution in [0.25, 0.3) is 0 Å². The molecule has 4 nitrogen and oxygen atoms in total. The van der Waals surface area contributed by atoms with Gasteiger partial charge in [0.1, 0.15) is 12.4 Å². The van der Waals surface area contributed by atoms with Crippen LogP contribution in [-0.2, 0) is 4.74 Å². The molecule has 1 N–H and O–H groups in total. The molecule has 17 heavy (non-hydrogen) atoms. The number of nitrogens with zero attached hydrogens (tertiary/aromatic N) is 1. The molecule has 94 valence electrons. The molecule has 0 saturated heterocycles. The van der Waals surface area contributed by atoms with Gasteiger partial charge in [-0.25, -0.2) is 0 Å². The zero-order valence-corrected chi connectivity index (χ0v) is 10.3. The lowest BCUT2D eigenvalue weighted by atomic mass is 10.1. The molecule has 1 aliphatic heterocycles. The van der Waals surface area contributed by atoms with Gasteiger partial charge in [-0.15, -0.1) is 0 Å². The van der Waals surface area contributed by atoms with Crippen molar-refractivity contribution in [2.24, 2.45) is 0 Å². The molecule has 0 fully saturated rings. The molecule has 1 aromatic rings. The van der Waals surface area contributed by atoms with Crippen molar-refractivity contribution in [3.8, 4) is 5.75 Å². The number of hydrogen-bond donors (Lipinski definition) is 1. The monoisotopic (exact) mass is 237 g/mol. The van der Waals surface area contributed by atoms with Gasteiger partial charge in [0.05, 0.1) is 5.69 Å². The number of rotatable bonds is 4. The summed E-state index contributed by atoms with van der Waals surface area (Å²) < 4.78 is 10.5. The lowest BCUT2D eigenvalue weighted by Crippen LogP contribution is -2.43. The summed E-state index contributed by atoms with van der Waals surface area (Å²) in [6.45, 7) is 3.83. The maximum Gasteiger partial charge on any atom is 0.161 e. The third kappa shape index (κ3) is 2.70. The third-order valence-corrected chi connectivity index (χ3v) is 2.92. The van der Waals surface area contributed by atoms with Gasteiger partial charge in [-0.1, -0.05) is 6.07 Å². The number of aliphatic hydroxyl groups excluding tert-OH is 1. The van der Waals surface area contributed by atoms with E-state index >= 15 is 0 Å². The normalized spacial score (nSPS) is 18.8. The van der Waals surface area contributed by atoms with Gasteiger partial charge in [-0.05, 0) is 31.0 Å². The molecular formula is C13H19NO3. The molecule has 0 spiro atoms. The smallest absolute Gasteiger partial charge is 0.161 e. The Balaban J connectivity index is 2.17. The van der Waals surface area contributed by atoms with Crippen molar-refractivity contribution in [1.82, 2.24) is 0 Å². The summed E-state index contributed by atoms with van der Waals surface area (Å²) in [7, 11) is 1.69. The highest BCUT2D eigenvalue weighted by Crippen LogP contribution is 2.34. The number of aliphatic hydroxyl groups is 1. The number of anilines is 1. The maximum absolute atomic E-state index is 9.97. The first kappa shape index (κ1) is 12.2. The first-order valence-corrected chi connectivity index (χ1v) is 5.89. The highest BCUT2D eigenvalue weighted by atomic mass is 16.5. The lowest BCUT2D eigenvalue weighted by Gasteiger charge is -2.35. The third-order valence-electron chi connectivity index (χ3n) is 2.92. The van der Waals surface area contributed by atoms with E-state index in [0.717, 1.165) is 30.0 Å². The van der Waals surface area contributed by atoms with Gasteiger partial charge in [0.25, 0.3) is 0 Å². The highest BCUT2D eigenvalue weighted by Gasteiger charge is 2.25. The number of aryl methyl sites for hydroxylation is 1. The van der Waals surface area contributed by atoms with E-state index in [1.807, 2.05) is 30.0 Å². The second-order valence-corrected chi connectivity index (χ2v) is 4.30. The SMILES string of the molecule is COCCCN1c2cc(C)ccc2OCC1O. The molecule has 1 aromatic carbocycles. The van der Waals surface area contributed by atoms with Crippen LogP contribution in [0.2, 0.25) is 0 Å². The second-order valence-electron chi connectivity index (χ2n) is 4.30. The predicted octanol–water partition coefficient (Wildman–Crippen LogP) is 1.55. The van der Waals surface area contributed by atoms with Crippen molar-refractivity contribution in [2.45, 2.75) is 19.6 Å². The summed E-state index contributed by atoms with van der Waals surface area (Å²) in [4.78, 5) is 1.98. The quantitative estimate of drug-likeness (QED) is 0.807. The Hall–Kier alpha value is -1.26. The van der Waals surface area contributed by atoms with Crippen LogP contribution < -0.4 is 9.64 Å². The van der Waals surface area contributed by atoms with Crippen LogP contribution in [0.1, 0.15) is 12.0 Å². The standard InChI is InChI=1S/C13H19NO3/c1-10-4-5-12-11(8-10)14(6-3-7-16-2)13(15)9-17-12/h4-5,8,13,15H,3,6-7,9H2,1-2H3. The predicted molar refractivity (Wildman–Crippen MR) is 66.5 cm³/mol. The van der Waals surface area contributed by atoms with Crippen LogP contribution in [0.3, 0.4) is 0 Å². The van der Waals surface area contributed by atoms with Gasteiger partial charge >= 0.3 is 0 Å². The number of benzene rings is 1. The minimum Gasteiger partial charge on any atom is -0.487 e. The van der Waals surface area contributed by atoms with Crippen LogP contribution in [0.5, 0.6) is 5.75 Å². The van der Waals surface area contributed by atoms with Crippen molar-refractivity contribution >= 4 is 5.69 Å². The van der Waals surface area contributed by atoms with Crippen molar-refractivity contribution in [2.75, 3.05) is 31.8 Å². The topological polar surface area (TPSA) is 41.9 Å². The van der Waals surface area contributed by atoms with E-state index in [9.17, 15) is 5.11 Å². The molecule has 1 aliphatic rings. The molecule has 0 amide bonds. The Morgan fingerprint density at radius 3 is 3.12 bits per heavy atom. The van der Waals surface area contributed by atoms with Crippen LogP contribution in [0.15, 0.2) is 18.2 Å². The molecule has 0 aromatic heterocycles. The van der Waals surface area contributed by atoms with Gasteiger partial charge in [-0.2, -0.15) is 0 Å². The Bertz CT molecular complexity index is 381. The average Bonchev–Trinajstić information content (AvgIpc) is 2.32. The van der Waals surface area contributed by atoms with Crippen molar-refractivity contribution in [3.63, 3.8) is 0 Å². The lowest BCUT2D eigenvalue weighted by molar-refractivity contribution is 0.0882. The summed E-state index contributed by atoms with van der Waals surface area (Å²) in [5.74, 6) is 0.846. The summed E-state index contributed by atoms with van der Waals surface area (Å²) in [5.41, 5.74) is 2.14. The molecule has 1 atom stereocenters. The van der Waals surface area contributed by atoms with Gasteiger partial charge in [-0.3, -0.25) is 0 Å². The maximum atomic E-state index is 9.97. The van der Waals surface area contributed by atoms with Gasteiger partial charge < -0.3 is 19.5 Å². The van der Waals surface area contributed by atoms with E-state index in [2.05, 4.69) is 0 Å². The van der Waals surface area contributed by atoms with E-state index in [1.54, 1.807) is 7.11 Å². The largest absolute Gasteiger partial charge is 0.487 e. The van der Waals surface area contributed by atoms with Gasteiger partial charge in [0.2, 0.25) is 0 Å². The Labute approximate surface area is 102 Å². The minimum absolute atomic E-state index is 0.322. The Morgan fingerprint density at radius 2 is 2.35 bits per heavy atom. The zero-order valence-electron chi connectivity index (χ0n) is 10.3. The fourth-order valence-electron chi connectivity index (χ4n) is 2.04. The average molecular weight is 237 g/mol. The fourth-order valence-corrected chi connectivity index (χ4v) is 2.04. The van der Waals surface area contributed by atoms with Crippen LogP contribution in [0, 0.1) is 6.92 Å². The molecule has 1 heterocycles. The van der Waals surface area contributed by atoms with Crippen LogP contribution >= 0.6 is 0 Å². The number of ether oxygens (including phenoxy) is 2. The summed E-state index contributed by atoms with van der Waals surface area (Å²) in [5, 5.41) is 9.97. The first-order chi connectivity index (χ1) is 8.22. The Morgan fingerprint density at radius 1 is 1.53 bits per heavy atom. The summed E-state index contributed by atoms with van der Waals surface area (Å²) >= 11 is 0. The fraction of sp³-hybridized carbons (Fsp3) is 0.538. The first-order valence-electron chi connectivity index (χ1n) is 5.89. The number of fused-ring (bicyclic) bond motifs is 1. The highest BCUT2D eigenvalue weighted by molar-refractivity contribution is 5.61. The summed E-state index contributed by atoms with van der Waals surface area (Å²) in [6.07, 6.45) is 0.321. The van der Waals surface area contributed by atoms with E-state index in [4.69, 9.17) is 9.47 Å². The van der Waals surface area contributed by atoms with Crippen molar-refractivity contribution in [1.29, 1.82) is 0 Å². The van der Waals surface area contributed by atoms with Crippen LogP contribution in [-0.4, -0.2) is 38.2 Å². The molecule has 0 bridgehead atoms. The van der Waals surface area contributed by atoms with Crippen molar-refractivity contribution in [3.05, 3.63) is 23.8 Å². The minimum atomic E-state index is -0.568. The summed E-state index contributed by atoms with van der Waals surface area (Å²) in [6, 6.07) is 6.02. The molecule has 0 radical (unpaired) electrons. The van der Waals surface area contributed by atoms with Gasteiger partial charge in [0, 0.05) is 20.3 Å². The number of hydrogen-bond acceptors (Lipinski definition) is 4. The van der Waals surface area contributed by atoms with E-state index < -0.39 is 6.23 Å². The molecule has 0 saturated carbocycles. The molecule has 4 heteroatoms. The second kappa shape index (κ2) is 5.38. The van der Waals surface area contributed by atoms with E-state index in [-0.39, 0.29) is 0 Å². The molecule has 2 rings (SSSR count). The number of methoxy groups -OCH3 is 1. The van der Waals surface area contributed by atoms with E-state index in [0.29, 0.717) is 13.2 Å². The Kier molecular flexibility index (Phi) is 3.86. The van der Waals surface area contributed by atoms with Crippen molar-refractivity contribution < 1.29 is 14.6 Å². The van der Waals surface area contributed by atoms with Gasteiger partial charge in [0.15, 0.2) is 6.23 Å². The molecule has 1 unspecified atom stereocenters. The van der Waals surface area contributed by atoms with Crippen LogP contribution in [0.4, 0.5) is 5.69 Å². The van der Waals surface area contributed by atoms with E-state index in [1.165, 1.54) is 0 Å². The molecule has 0 aliphatic carbocycles. The molecular weight excluding hydrogens is 218 g/mol. The zero-order chi connectivity index (χ0) is 12.3.